The molecule has 0 saturated carbocycles. The molecule has 0 spiro atoms. The molecule has 0 aliphatic carbocycles. The number of amides is 1. The predicted molar refractivity (Wildman–Crippen MR) is 112 cm³/mol. The zero-order valence-electron chi connectivity index (χ0n) is 15.9. The summed E-state index contributed by atoms with van der Waals surface area (Å²) in [5, 5.41) is 9.76. The van der Waals surface area contributed by atoms with Crippen molar-refractivity contribution in [3.63, 3.8) is 0 Å². The van der Waals surface area contributed by atoms with Gasteiger partial charge >= 0.3 is 0 Å². The van der Waals surface area contributed by atoms with E-state index in [2.05, 4.69) is 11.1 Å². The summed E-state index contributed by atoms with van der Waals surface area (Å²) in [4.78, 5) is 23.8. The number of carbonyl (C=O) groups excluding carboxylic acids is 1. The molecule has 1 amide bonds. The molecule has 0 radical (unpaired) electrons. The van der Waals surface area contributed by atoms with Crippen molar-refractivity contribution in [1.82, 2.24) is 14.9 Å². The third kappa shape index (κ3) is 3.83. The summed E-state index contributed by atoms with van der Waals surface area (Å²) in [6, 6.07) is 22.6. The van der Waals surface area contributed by atoms with Crippen LogP contribution in [0.2, 0.25) is 0 Å². The zero-order chi connectivity index (χ0) is 20.2. The number of hydrogen-bond acceptors (Lipinski definition) is 4. The van der Waals surface area contributed by atoms with Crippen LogP contribution in [-0.2, 0) is 6.54 Å². The van der Waals surface area contributed by atoms with E-state index >= 15 is 0 Å². The van der Waals surface area contributed by atoms with Gasteiger partial charge < -0.3 is 4.90 Å². The van der Waals surface area contributed by atoms with Crippen molar-refractivity contribution in [2.24, 2.45) is 0 Å². The Balaban J connectivity index is 1.71. The molecule has 0 fully saturated rings. The van der Waals surface area contributed by atoms with Crippen LogP contribution in [0.5, 0.6) is 0 Å². The van der Waals surface area contributed by atoms with Crippen LogP contribution in [0.25, 0.3) is 22.2 Å². The molecule has 140 valence electrons. The number of nitrogens with zero attached hydrogens (tertiary/aromatic N) is 4. The van der Waals surface area contributed by atoms with Crippen LogP contribution in [0.3, 0.4) is 0 Å². The van der Waals surface area contributed by atoms with Crippen molar-refractivity contribution in [2.45, 2.75) is 6.54 Å². The molecule has 4 aromatic rings. The minimum absolute atomic E-state index is 0.0803. The van der Waals surface area contributed by atoms with E-state index in [1.165, 1.54) is 0 Å². The van der Waals surface area contributed by atoms with Gasteiger partial charge in [-0.25, -0.2) is 4.98 Å². The fraction of sp³-hybridized carbons (Fsp3) is 0.0833. The van der Waals surface area contributed by atoms with Crippen LogP contribution in [-0.4, -0.2) is 27.8 Å². The Morgan fingerprint density at radius 3 is 2.48 bits per heavy atom. The van der Waals surface area contributed by atoms with Crippen molar-refractivity contribution >= 4 is 16.8 Å². The molecule has 5 heteroatoms. The molecule has 29 heavy (non-hydrogen) atoms. The molecule has 0 N–H and O–H groups in total. The van der Waals surface area contributed by atoms with E-state index < -0.39 is 0 Å². The van der Waals surface area contributed by atoms with Gasteiger partial charge in [0.2, 0.25) is 0 Å². The summed E-state index contributed by atoms with van der Waals surface area (Å²) in [6.45, 7) is 0.450. The van der Waals surface area contributed by atoms with Crippen molar-refractivity contribution < 1.29 is 4.79 Å². The van der Waals surface area contributed by atoms with Gasteiger partial charge in [0.1, 0.15) is 0 Å². The Morgan fingerprint density at radius 1 is 1.03 bits per heavy atom. The molecule has 4 rings (SSSR count). The highest BCUT2D eigenvalue weighted by atomic mass is 16.2. The van der Waals surface area contributed by atoms with Gasteiger partial charge in [0.15, 0.2) is 0 Å². The smallest absolute Gasteiger partial charge is 0.254 e. The molecule has 0 bridgehead atoms. The summed E-state index contributed by atoms with van der Waals surface area (Å²) in [5.74, 6) is -0.0803. The third-order valence-corrected chi connectivity index (χ3v) is 4.77. The second kappa shape index (κ2) is 7.91. The summed E-state index contributed by atoms with van der Waals surface area (Å²) < 4.78 is 0. The van der Waals surface area contributed by atoms with Crippen LogP contribution in [0.4, 0.5) is 0 Å². The highest BCUT2D eigenvalue weighted by Gasteiger charge is 2.17. The van der Waals surface area contributed by atoms with Crippen molar-refractivity contribution in [2.75, 3.05) is 7.05 Å². The SMILES string of the molecule is CN(Cc1ccc(C#N)cc1)C(=O)c1cc(-c2ccncc2)nc2ccccc12. The number of rotatable bonds is 4. The number of fused-ring (bicyclic) bond motifs is 1. The number of carbonyl (C=O) groups is 1. The quantitative estimate of drug-likeness (QED) is 0.526. The molecular formula is C24H18N4O. The lowest BCUT2D eigenvalue weighted by atomic mass is 10.0. The molecule has 5 nitrogen and oxygen atoms in total. The second-order valence-electron chi connectivity index (χ2n) is 6.78. The first-order valence-electron chi connectivity index (χ1n) is 9.20. The van der Waals surface area contributed by atoms with E-state index in [-0.39, 0.29) is 5.91 Å². The maximum absolute atomic E-state index is 13.3. The highest BCUT2D eigenvalue weighted by Crippen LogP contribution is 2.25. The van der Waals surface area contributed by atoms with E-state index in [4.69, 9.17) is 10.2 Å². The molecule has 2 aromatic carbocycles. The van der Waals surface area contributed by atoms with Crippen LogP contribution >= 0.6 is 0 Å². The standard InChI is InChI=1S/C24H18N4O/c1-28(16-18-8-6-17(15-25)7-9-18)24(29)21-14-23(19-10-12-26-13-11-19)27-22-5-3-2-4-20(21)22/h2-14H,16H2,1H3. The van der Waals surface area contributed by atoms with Gasteiger partial charge in [-0.3, -0.25) is 9.78 Å². The molecule has 0 aliphatic heterocycles. The Labute approximate surface area is 168 Å². The monoisotopic (exact) mass is 378 g/mol. The first kappa shape index (κ1) is 18.3. The van der Waals surface area contributed by atoms with Gasteiger partial charge in [-0.05, 0) is 42.0 Å². The average molecular weight is 378 g/mol. The predicted octanol–water partition coefficient (Wildman–Crippen LogP) is 4.44. The summed E-state index contributed by atoms with van der Waals surface area (Å²) >= 11 is 0. The van der Waals surface area contributed by atoms with Crippen LogP contribution in [0.1, 0.15) is 21.5 Å². The molecule has 0 aliphatic rings. The first-order valence-corrected chi connectivity index (χ1v) is 9.20. The minimum Gasteiger partial charge on any atom is -0.337 e. The number of pyridine rings is 2. The van der Waals surface area contributed by atoms with Crippen molar-refractivity contribution in [3.8, 4) is 17.3 Å². The largest absolute Gasteiger partial charge is 0.337 e. The van der Waals surface area contributed by atoms with E-state index in [0.717, 1.165) is 27.7 Å². The molecular weight excluding hydrogens is 360 g/mol. The molecule has 0 unspecified atom stereocenters. The Morgan fingerprint density at radius 2 is 1.76 bits per heavy atom. The average Bonchev–Trinajstić information content (AvgIpc) is 2.79. The van der Waals surface area contributed by atoms with Gasteiger partial charge in [-0.15, -0.1) is 0 Å². The minimum atomic E-state index is -0.0803. The lowest BCUT2D eigenvalue weighted by Gasteiger charge is -2.19. The fourth-order valence-corrected chi connectivity index (χ4v) is 3.26. The first-order chi connectivity index (χ1) is 14.2. The topological polar surface area (TPSA) is 69.9 Å². The van der Waals surface area contributed by atoms with E-state index in [1.807, 2.05) is 54.6 Å². The highest BCUT2D eigenvalue weighted by molar-refractivity contribution is 6.07. The molecule has 2 aromatic heterocycles. The lowest BCUT2D eigenvalue weighted by molar-refractivity contribution is 0.0787. The van der Waals surface area contributed by atoms with E-state index in [1.54, 1.807) is 36.5 Å². The summed E-state index contributed by atoms with van der Waals surface area (Å²) in [7, 11) is 1.78. The lowest BCUT2D eigenvalue weighted by Crippen LogP contribution is -2.26. The van der Waals surface area contributed by atoms with Crippen molar-refractivity contribution in [1.29, 1.82) is 5.26 Å². The van der Waals surface area contributed by atoms with Gasteiger partial charge in [-0.1, -0.05) is 30.3 Å². The van der Waals surface area contributed by atoms with Crippen LogP contribution in [0.15, 0.2) is 79.1 Å². The maximum Gasteiger partial charge on any atom is 0.254 e. The molecule has 0 atom stereocenters. The number of nitriles is 1. The number of hydrogen-bond donors (Lipinski definition) is 0. The Hall–Kier alpha value is -4.04. The van der Waals surface area contributed by atoms with Crippen molar-refractivity contribution in [3.05, 3.63) is 95.8 Å². The van der Waals surface area contributed by atoms with Crippen LogP contribution in [0, 0.1) is 11.3 Å². The van der Waals surface area contributed by atoms with Crippen LogP contribution < -0.4 is 0 Å². The van der Waals surface area contributed by atoms with Gasteiger partial charge in [-0.2, -0.15) is 5.26 Å². The molecule has 2 heterocycles. The maximum atomic E-state index is 13.3. The van der Waals surface area contributed by atoms with Gasteiger partial charge in [0, 0.05) is 36.9 Å². The fourth-order valence-electron chi connectivity index (χ4n) is 3.26. The van der Waals surface area contributed by atoms with E-state index in [9.17, 15) is 4.79 Å². The van der Waals surface area contributed by atoms with E-state index in [0.29, 0.717) is 17.7 Å². The second-order valence-corrected chi connectivity index (χ2v) is 6.78. The number of benzene rings is 2. The van der Waals surface area contributed by atoms with Gasteiger partial charge in [0.25, 0.3) is 5.91 Å². The summed E-state index contributed by atoms with van der Waals surface area (Å²) in [5.41, 5.74) is 4.60. The normalized spacial score (nSPS) is 10.5. The summed E-state index contributed by atoms with van der Waals surface area (Å²) in [6.07, 6.45) is 3.43. The third-order valence-electron chi connectivity index (χ3n) is 4.77. The Bertz CT molecular complexity index is 1210. The zero-order valence-corrected chi connectivity index (χ0v) is 15.9. The molecule has 0 saturated heterocycles. The number of para-hydroxylation sites is 1. The number of aromatic nitrogens is 2. The Kier molecular flexibility index (Phi) is 5.00. The van der Waals surface area contributed by atoms with Gasteiger partial charge in [0.05, 0.1) is 28.4 Å².